The molecule has 0 aliphatic carbocycles. The van der Waals surface area contributed by atoms with Gasteiger partial charge in [0.2, 0.25) is 0 Å². The summed E-state index contributed by atoms with van der Waals surface area (Å²) < 4.78 is 0. The highest BCUT2D eigenvalue weighted by molar-refractivity contribution is 6.33. The molecular weight excluding hydrogens is 526 g/mol. The normalized spacial score (nSPS) is 11.2. The van der Waals surface area contributed by atoms with Crippen molar-refractivity contribution >= 4 is 39.8 Å². The number of Topliss-reactive ketones (excluding diaryl/α,β-unsaturated/α-hetero) is 1. The van der Waals surface area contributed by atoms with Crippen molar-refractivity contribution in [1.82, 2.24) is 5.32 Å². The number of carboxylic acids is 1. The largest absolute Gasteiger partial charge is 0.481 e. The monoisotopic (exact) mass is 553 g/mol. The van der Waals surface area contributed by atoms with Crippen LogP contribution in [0.4, 0.5) is 0 Å². The van der Waals surface area contributed by atoms with Crippen molar-refractivity contribution in [1.29, 1.82) is 0 Å². The van der Waals surface area contributed by atoms with E-state index in [0.29, 0.717) is 22.3 Å². The van der Waals surface area contributed by atoms with E-state index in [2.05, 4.69) is 5.32 Å². The molecule has 0 unspecified atom stereocenters. The molecule has 206 valence electrons. The molecule has 5 aromatic carbocycles. The van der Waals surface area contributed by atoms with Crippen LogP contribution in [0.25, 0.3) is 27.5 Å². The average Bonchev–Trinajstić information content (AvgIpc) is 3.03. The highest BCUT2D eigenvalue weighted by atomic mass is 16.4. The summed E-state index contributed by atoms with van der Waals surface area (Å²) in [6, 6.07) is 36.6. The maximum absolute atomic E-state index is 13.8. The molecule has 1 amide bonds. The second kappa shape index (κ2) is 12.7. The van der Waals surface area contributed by atoms with Gasteiger partial charge in [0, 0.05) is 28.8 Å². The van der Waals surface area contributed by atoms with Gasteiger partial charge in [-0.1, -0.05) is 103 Å². The Labute approximate surface area is 243 Å². The van der Waals surface area contributed by atoms with E-state index >= 15 is 0 Å². The molecule has 0 saturated carbocycles. The van der Waals surface area contributed by atoms with Crippen molar-refractivity contribution in [3.63, 3.8) is 0 Å². The van der Waals surface area contributed by atoms with Crippen molar-refractivity contribution in [2.24, 2.45) is 0 Å². The molecule has 0 bridgehead atoms. The molecule has 6 nitrogen and oxygen atoms in total. The number of hydrogen-bond acceptors (Lipinski definition) is 4. The average molecular weight is 554 g/mol. The Morgan fingerprint density at radius 3 is 1.86 bits per heavy atom. The molecular formula is C36H27NO5. The van der Waals surface area contributed by atoms with Crippen LogP contribution in [0.1, 0.15) is 43.1 Å². The van der Waals surface area contributed by atoms with Gasteiger partial charge in [0.05, 0.1) is 6.42 Å². The maximum atomic E-state index is 13.8. The fourth-order valence-electron chi connectivity index (χ4n) is 4.62. The SMILES string of the molecule is O=C(O)CCNC(=O)c1ccc(C(=O)C(=CC(=O)c2ccc3ccccc3c2)c2ccc(-c3ccccc3)cc2)cc1. The summed E-state index contributed by atoms with van der Waals surface area (Å²) >= 11 is 0. The number of carboxylic acid groups (broad SMARTS) is 1. The molecule has 0 fully saturated rings. The number of rotatable bonds is 10. The maximum Gasteiger partial charge on any atom is 0.305 e. The Hall–Kier alpha value is -5.62. The van der Waals surface area contributed by atoms with Crippen LogP contribution in [0.5, 0.6) is 0 Å². The number of amides is 1. The lowest BCUT2D eigenvalue weighted by Crippen LogP contribution is -2.26. The summed E-state index contributed by atoms with van der Waals surface area (Å²) in [5.41, 5.74) is 3.89. The van der Waals surface area contributed by atoms with Crippen LogP contribution in [0.15, 0.2) is 127 Å². The predicted molar refractivity (Wildman–Crippen MR) is 163 cm³/mol. The van der Waals surface area contributed by atoms with Crippen LogP contribution in [0.2, 0.25) is 0 Å². The minimum Gasteiger partial charge on any atom is -0.481 e. The second-order valence-corrected chi connectivity index (χ2v) is 9.73. The van der Waals surface area contributed by atoms with E-state index in [1.54, 1.807) is 6.07 Å². The van der Waals surface area contributed by atoms with E-state index in [1.807, 2.05) is 91.0 Å². The van der Waals surface area contributed by atoms with Gasteiger partial charge in [0.1, 0.15) is 0 Å². The summed E-state index contributed by atoms with van der Waals surface area (Å²) in [5, 5.41) is 13.3. The van der Waals surface area contributed by atoms with Crippen molar-refractivity contribution < 1.29 is 24.3 Å². The predicted octanol–water partition coefficient (Wildman–Crippen LogP) is 6.86. The minimum absolute atomic E-state index is 0.00239. The van der Waals surface area contributed by atoms with Gasteiger partial charge in [0.15, 0.2) is 11.6 Å². The van der Waals surface area contributed by atoms with Gasteiger partial charge < -0.3 is 10.4 Å². The lowest BCUT2D eigenvalue weighted by atomic mass is 9.92. The molecule has 0 radical (unpaired) electrons. The zero-order valence-corrected chi connectivity index (χ0v) is 22.6. The standard InChI is InChI=1S/C36H27NO5/c38-33(31-19-12-25-8-4-5-9-30(25)22-31)23-32(27-13-10-26(11-14-27)24-6-2-1-3-7-24)35(41)28-15-17-29(18-16-28)36(42)37-21-20-34(39)40/h1-19,22-23H,20-21H2,(H,37,42)(H,39,40). The van der Waals surface area contributed by atoms with Crippen LogP contribution < -0.4 is 5.32 Å². The molecule has 0 spiro atoms. The molecule has 5 aromatic rings. The van der Waals surface area contributed by atoms with Crippen molar-refractivity contribution in [3.05, 3.63) is 150 Å². The van der Waals surface area contributed by atoms with E-state index in [4.69, 9.17) is 5.11 Å². The van der Waals surface area contributed by atoms with Crippen LogP contribution in [-0.4, -0.2) is 35.1 Å². The summed E-state index contributed by atoms with van der Waals surface area (Å²) in [4.78, 5) is 50.4. The van der Waals surface area contributed by atoms with Crippen LogP contribution in [0, 0.1) is 0 Å². The van der Waals surface area contributed by atoms with Gasteiger partial charge in [-0.2, -0.15) is 0 Å². The third-order valence-corrected chi connectivity index (χ3v) is 6.89. The van der Waals surface area contributed by atoms with Gasteiger partial charge in [-0.05, 0) is 51.7 Å². The van der Waals surface area contributed by atoms with E-state index in [9.17, 15) is 19.2 Å². The van der Waals surface area contributed by atoms with Crippen molar-refractivity contribution in [2.45, 2.75) is 6.42 Å². The molecule has 5 rings (SSSR count). The zero-order valence-electron chi connectivity index (χ0n) is 22.6. The summed E-state index contributed by atoms with van der Waals surface area (Å²) in [6.07, 6.45) is 1.18. The molecule has 0 aromatic heterocycles. The number of benzene rings is 5. The molecule has 0 heterocycles. The first-order valence-electron chi connectivity index (χ1n) is 13.4. The van der Waals surface area contributed by atoms with Gasteiger partial charge in [-0.15, -0.1) is 0 Å². The quantitative estimate of drug-likeness (QED) is 0.145. The molecule has 0 aliphatic rings. The first kappa shape index (κ1) is 27.9. The van der Waals surface area contributed by atoms with Crippen molar-refractivity contribution in [3.8, 4) is 11.1 Å². The van der Waals surface area contributed by atoms with E-state index in [-0.39, 0.29) is 30.1 Å². The fraction of sp³-hybridized carbons (Fsp3) is 0.0556. The third kappa shape index (κ3) is 6.57. The Morgan fingerprint density at radius 2 is 1.17 bits per heavy atom. The van der Waals surface area contributed by atoms with Gasteiger partial charge in [-0.3, -0.25) is 19.2 Å². The second-order valence-electron chi connectivity index (χ2n) is 9.73. The Morgan fingerprint density at radius 1 is 0.595 bits per heavy atom. The Kier molecular flexibility index (Phi) is 8.45. The fourth-order valence-corrected chi connectivity index (χ4v) is 4.62. The lowest BCUT2D eigenvalue weighted by Gasteiger charge is -2.10. The Bertz CT molecular complexity index is 1800. The lowest BCUT2D eigenvalue weighted by molar-refractivity contribution is -0.136. The van der Waals surface area contributed by atoms with Crippen LogP contribution in [-0.2, 0) is 4.79 Å². The number of carbonyl (C=O) groups is 4. The topological polar surface area (TPSA) is 101 Å². The molecule has 2 N–H and O–H groups in total. The summed E-state index contributed by atoms with van der Waals surface area (Å²) in [5.74, 6) is -2.11. The first-order chi connectivity index (χ1) is 20.4. The highest BCUT2D eigenvalue weighted by Crippen LogP contribution is 2.26. The highest BCUT2D eigenvalue weighted by Gasteiger charge is 2.18. The molecule has 42 heavy (non-hydrogen) atoms. The smallest absolute Gasteiger partial charge is 0.305 e. The summed E-state index contributed by atoms with van der Waals surface area (Å²) in [6.45, 7) is -0.00239. The number of aliphatic carboxylic acids is 1. The molecule has 0 saturated heterocycles. The van der Waals surface area contributed by atoms with Gasteiger partial charge in [-0.25, -0.2) is 0 Å². The van der Waals surface area contributed by atoms with E-state index < -0.39 is 11.9 Å². The molecule has 0 aliphatic heterocycles. The number of allylic oxidation sites excluding steroid dienone is 2. The van der Waals surface area contributed by atoms with E-state index in [1.165, 1.54) is 30.3 Å². The minimum atomic E-state index is -1.01. The van der Waals surface area contributed by atoms with E-state index in [0.717, 1.165) is 21.9 Å². The molecule has 0 atom stereocenters. The number of ketones is 2. The first-order valence-corrected chi connectivity index (χ1v) is 13.4. The van der Waals surface area contributed by atoms with Gasteiger partial charge in [0.25, 0.3) is 5.91 Å². The number of hydrogen-bond donors (Lipinski definition) is 2. The third-order valence-electron chi connectivity index (χ3n) is 6.89. The molecule has 6 heteroatoms. The Balaban J connectivity index is 1.47. The van der Waals surface area contributed by atoms with Gasteiger partial charge >= 0.3 is 5.97 Å². The summed E-state index contributed by atoms with van der Waals surface area (Å²) in [7, 11) is 0. The van der Waals surface area contributed by atoms with Crippen LogP contribution in [0.3, 0.4) is 0 Å². The zero-order chi connectivity index (χ0) is 29.5. The van der Waals surface area contributed by atoms with Crippen molar-refractivity contribution in [2.75, 3.05) is 6.54 Å². The number of carbonyl (C=O) groups excluding carboxylic acids is 3. The number of fused-ring (bicyclic) bond motifs is 1. The van der Waals surface area contributed by atoms with Crippen LogP contribution >= 0.6 is 0 Å². The number of nitrogens with one attached hydrogen (secondary N) is 1.